The Morgan fingerprint density at radius 3 is 2.55 bits per heavy atom. The molecule has 3 N–H and O–H groups in total. The monoisotopic (exact) mass is 306 g/mol. The van der Waals surface area contributed by atoms with Crippen molar-refractivity contribution in [3.8, 4) is 5.75 Å². The molecule has 0 bridgehead atoms. The number of nitrogens with zero attached hydrogens (tertiary/aromatic N) is 2. The van der Waals surface area contributed by atoms with E-state index in [-0.39, 0.29) is 12.5 Å². The van der Waals surface area contributed by atoms with Gasteiger partial charge < -0.3 is 20.7 Å². The third-order valence-electron chi connectivity index (χ3n) is 3.84. The summed E-state index contributed by atoms with van der Waals surface area (Å²) in [6, 6.07) is 7.31. The molecule has 0 radical (unpaired) electrons. The lowest BCUT2D eigenvalue weighted by Crippen LogP contribution is -2.60. The summed E-state index contributed by atoms with van der Waals surface area (Å²) in [7, 11) is 3.22. The Kier molecular flexibility index (Phi) is 5.21. The van der Waals surface area contributed by atoms with Crippen molar-refractivity contribution in [2.24, 2.45) is 5.73 Å². The first-order valence-corrected chi connectivity index (χ1v) is 7.18. The smallest absolute Gasteiger partial charge is 0.238 e. The lowest BCUT2D eigenvalue weighted by atomic mass is 10.1. The molecule has 1 atom stereocenters. The zero-order valence-electron chi connectivity index (χ0n) is 12.9. The standard InChI is InChI=1S/C15H22N4O3/c1-17-15(21)13-9-18(7-8-19(13)10-14(16)20)11-3-5-12(22-2)6-4-11/h3-6,13H,7-10H2,1-2H3,(H2,16,20)(H,17,21). The van der Waals surface area contributed by atoms with Gasteiger partial charge in [-0.05, 0) is 24.3 Å². The average Bonchev–Trinajstić information content (AvgIpc) is 2.54. The molecule has 0 aliphatic carbocycles. The van der Waals surface area contributed by atoms with Crippen LogP contribution in [0.1, 0.15) is 0 Å². The van der Waals surface area contributed by atoms with Crippen LogP contribution < -0.4 is 20.7 Å². The van der Waals surface area contributed by atoms with Gasteiger partial charge in [-0.15, -0.1) is 0 Å². The largest absolute Gasteiger partial charge is 0.497 e. The van der Waals surface area contributed by atoms with Gasteiger partial charge in [0.1, 0.15) is 11.8 Å². The van der Waals surface area contributed by atoms with Crippen LogP contribution in [0, 0.1) is 0 Å². The second-order valence-corrected chi connectivity index (χ2v) is 5.21. The molecule has 0 saturated carbocycles. The third-order valence-corrected chi connectivity index (χ3v) is 3.84. The molecule has 1 aliphatic rings. The van der Waals surface area contributed by atoms with E-state index in [1.54, 1.807) is 14.2 Å². The van der Waals surface area contributed by atoms with E-state index in [1.165, 1.54) is 0 Å². The fraction of sp³-hybridized carbons (Fsp3) is 0.467. The highest BCUT2D eigenvalue weighted by molar-refractivity contribution is 5.84. The van der Waals surface area contributed by atoms with Gasteiger partial charge in [0.05, 0.1) is 13.7 Å². The van der Waals surface area contributed by atoms with Gasteiger partial charge in [-0.25, -0.2) is 0 Å². The lowest BCUT2D eigenvalue weighted by Gasteiger charge is -2.40. The SMILES string of the molecule is CNC(=O)C1CN(c2ccc(OC)cc2)CCN1CC(N)=O. The van der Waals surface area contributed by atoms with Crippen LogP contribution in [0.3, 0.4) is 0 Å². The Bertz CT molecular complexity index is 532. The van der Waals surface area contributed by atoms with Crippen LogP contribution in [-0.2, 0) is 9.59 Å². The first-order chi connectivity index (χ1) is 10.5. The molecule has 1 aromatic rings. The average molecular weight is 306 g/mol. The second-order valence-electron chi connectivity index (χ2n) is 5.21. The third kappa shape index (κ3) is 3.67. The normalized spacial score (nSPS) is 18.8. The Balaban J connectivity index is 2.12. The Hall–Kier alpha value is -2.28. The zero-order valence-corrected chi connectivity index (χ0v) is 12.9. The van der Waals surface area contributed by atoms with Crippen molar-refractivity contribution in [2.45, 2.75) is 6.04 Å². The number of carbonyl (C=O) groups is 2. The maximum Gasteiger partial charge on any atom is 0.238 e. The van der Waals surface area contributed by atoms with Crippen LogP contribution in [0.25, 0.3) is 0 Å². The molecule has 1 fully saturated rings. The zero-order chi connectivity index (χ0) is 16.1. The highest BCUT2D eigenvalue weighted by atomic mass is 16.5. The molecule has 7 heteroatoms. The van der Waals surface area contributed by atoms with Gasteiger partial charge in [0.25, 0.3) is 0 Å². The van der Waals surface area contributed by atoms with Crippen molar-refractivity contribution in [2.75, 3.05) is 45.2 Å². The maximum absolute atomic E-state index is 12.1. The molecule has 0 aromatic heterocycles. The van der Waals surface area contributed by atoms with E-state index in [9.17, 15) is 9.59 Å². The molecule has 2 amide bonds. The minimum atomic E-state index is -0.424. The predicted molar refractivity (Wildman–Crippen MR) is 83.8 cm³/mol. The maximum atomic E-state index is 12.1. The van der Waals surface area contributed by atoms with E-state index in [4.69, 9.17) is 10.5 Å². The molecule has 2 rings (SSSR count). The molecule has 1 saturated heterocycles. The number of benzene rings is 1. The first kappa shape index (κ1) is 16.1. The van der Waals surface area contributed by atoms with Crippen molar-refractivity contribution in [3.63, 3.8) is 0 Å². The van der Waals surface area contributed by atoms with Crippen LogP contribution >= 0.6 is 0 Å². The van der Waals surface area contributed by atoms with Gasteiger partial charge in [0.15, 0.2) is 0 Å². The number of rotatable bonds is 5. The summed E-state index contributed by atoms with van der Waals surface area (Å²) >= 11 is 0. The van der Waals surface area contributed by atoms with Gasteiger partial charge >= 0.3 is 0 Å². The number of nitrogens with one attached hydrogen (secondary N) is 1. The minimum absolute atomic E-state index is 0.0918. The van der Waals surface area contributed by atoms with Gasteiger partial charge in [-0.3, -0.25) is 14.5 Å². The van der Waals surface area contributed by atoms with E-state index < -0.39 is 11.9 Å². The molecular formula is C15H22N4O3. The number of methoxy groups -OCH3 is 1. The van der Waals surface area contributed by atoms with Crippen molar-refractivity contribution < 1.29 is 14.3 Å². The summed E-state index contributed by atoms with van der Waals surface area (Å²) in [6.07, 6.45) is 0. The Morgan fingerprint density at radius 2 is 2.00 bits per heavy atom. The van der Waals surface area contributed by atoms with Gasteiger partial charge in [-0.1, -0.05) is 0 Å². The van der Waals surface area contributed by atoms with Crippen molar-refractivity contribution >= 4 is 17.5 Å². The van der Waals surface area contributed by atoms with Crippen molar-refractivity contribution in [1.82, 2.24) is 10.2 Å². The van der Waals surface area contributed by atoms with Crippen LogP contribution in [0.5, 0.6) is 5.75 Å². The van der Waals surface area contributed by atoms with E-state index >= 15 is 0 Å². The van der Waals surface area contributed by atoms with E-state index in [0.29, 0.717) is 13.1 Å². The quantitative estimate of drug-likeness (QED) is 0.760. The number of primary amides is 1. The number of anilines is 1. The van der Waals surface area contributed by atoms with Crippen molar-refractivity contribution in [1.29, 1.82) is 0 Å². The highest BCUT2D eigenvalue weighted by Gasteiger charge is 2.32. The first-order valence-electron chi connectivity index (χ1n) is 7.18. The highest BCUT2D eigenvalue weighted by Crippen LogP contribution is 2.22. The van der Waals surface area contributed by atoms with E-state index in [1.807, 2.05) is 29.2 Å². The topological polar surface area (TPSA) is 87.9 Å². The Morgan fingerprint density at radius 1 is 1.32 bits per heavy atom. The van der Waals surface area contributed by atoms with Crippen LogP contribution in [0.4, 0.5) is 5.69 Å². The van der Waals surface area contributed by atoms with Gasteiger partial charge in [0, 0.05) is 32.4 Å². The summed E-state index contributed by atoms with van der Waals surface area (Å²) < 4.78 is 5.15. The second kappa shape index (κ2) is 7.13. The number of piperazine rings is 1. The van der Waals surface area contributed by atoms with Gasteiger partial charge in [-0.2, -0.15) is 0 Å². The number of hydrogen-bond acceptors (Lipinski definition) is 5. The predicted octanol–water partition coefficient (Wildman–Crippen LogP) is -0.583. The number of nitrogens with two attached hydrogens (primary N) is 1. The molecular weight excluding hydrogens is 284 g/mol. The fourth-order valence-electron chi connectivity index (χ4n) is 2.65. The lowest BCUT2D eigenvalue weighted by molar-refractivity contribution is -0.128. The molecule has 1 aromatic carbocycles. The molecule has 7 nitrogen and oxygen atoms in total. The fourth-order valence-corrected chi connectivity index (χ4v) is 2.65. The Labute approximate surface area is 130 Å². The van der Waals surface area contributed by atoms with E-state index in [0.717, 1.165) is 18.0 Å². The van der Waals surface area contributed by atoms with Crippen molar-refractivity contribution in [3.05, 3.63) is 24.3 Å². The van der Waals surface area contributed by atoms with Crippen LogP contribution in [0.2, 0.25) is 0 Å². The molecule has 22 heavy (non-hydrogen) atoms. The summed E-state index contributed by atoms with van der Waals surface area (Å²) in [5.41, 5.74) is 6.29. The minimum Gasteiger partial charge on any atom is -0.497 e. The molecule has 1 unspecified atom stereocenters. The molecule has 0 spiro atoms. The molecule has 120 valence electrons. The number of hydrogen-bond donors (Lipinski definition) is 2. The summed E-state index contributed by atoms with van der Waals surface area (Å²) in [6.45, 7) is 1.94. The van der Waals surface area contributed by atoms with E-state index in [2.05, 4.69) is 10.2 Å². The van der Waals surface area contributed by atoms with Crippen LogP contribution in [0.15, 0.2) is 24.3 Å². The summed E-state index contributed by atoms with van der Waals surface area (Å²) in [5.74, 6) is 0.255. The van der Waals surface area contributed by atoms with Crippen LogP contribution in [-0.4, -0.2) is 63.1 Å². The molecule has 1 heterocycles. The number of ether oxygens (including phenoxy) is 1. The number of carbonyl (C=O) groups excluding carboxylic acids is 2. The molecule has 1 aliphatic heterocycles. The van der Waals surface area contributed by atoms with Gasteiger partial charge in [0.2, 0.25) is 11.8 Å². The summed E-state index contributed by atoms with van der Waals surface area (Å²) in [5, 5.41) is 2.65. The number of amides is 2. The number of likely N-dealkylation sites (N-methyl/N-ethyl adjacent to an activating group) is 1. The summed E-state index contributed by atoms with van der Waals surface area (Å²) in [4.78, 5) is 27.2.